The van der Waals surface area contributed by atoms with E-state index >= 15 is 0 Å². The van der Waals surface area contributed by atoms with Gasteiger partial charge in [-0.2, -0.15) is 0 Å². The summed E-state index contributed by atoms with van der Waals surface area (Å²) >= 11 is 0. The van der Waals surface area contributed by atoms with E-state index < -0.39 is 6.03 Å². The summed E-state index contributed by atoms with van der Waals surface area (Å²) < 4.78 is 5.49. The average molecular weight is 271 g/mol. The molecular weight excluding hydrogens is 250 g/mol. The lowest BCUT2D eigenvalue weighted by atomic mass is 10.2. The number of rotatable bonds is 4. The molecule has 108 valence electrons. The smallest absolute Gasteiger partial charge is 0.321 e. The molecule has 0 spiro atoms. The molecule has 2 rings (SSSR count). The summed E-state index contributed by atoms with van der Waals surface area (Å²) in [6, 6.07) is -0.192. The highest BCUT2D eigenvalue weighted by Crippen LogP contribution is 2.18. The molecule has 0 aromatic rings. The number of hydrogen-bond donors (Lipinski definition) is 3. The van der Waals surface area contributed by atoms with Crippen molar-refractivity contribution in [3.8, 4) is 0 Å². The van der Waals surface area contributed by atoms with Crippen molar-refractivity contribution < 1.29 is 19.4 Å². The summed E-state index contributed by atoms with van der Waals surface area (Å²) in [6.07, 6.45) is 1.68. The molecule has 1 aliphatic carbocycles. The SMILES string of the molecule is CC1CN(CC(=O)NC(=O)NC2CC2)CC(CO)O1. The highest BCUT2D eigenvalue weighted by atomic mass is 16.5. The molecule has 2 aliphatic rings. The van der Waals surface area contributed by atoms with Gasteiger partial charge in [0.05, 0.1) is 25.4 Å². The van der Waals surface area contributed by atoms with Crippen LogP contribution in [0.25, 0.3) is 0 Å². The van der Waals surface area contributed by atoms with Crippen molar-refractivity contribution in [3.05, 3.63) is 0 Å². The fraction of sp³-hybridized carbons (Fsp3) is 0.833. The van der Waals surface area contributed by atoms with Gasteiger partial charge >= 0.3 is 6.03 Å². The third-order valence-corrected chi connectivity index (χ3v) is 3.14. The van der Waals surface area contributed by atoms with E-state index in [4.69, 9.17) is 9.84 Å². The van der Waals surface area contributed by atoms with Gasteiger partial charge in [-0.3, -0.25) is 15.0 Å². The number of aliphatic hydroxyl groups excluding tert-OH is 1. The standard InChI is InChI=1S/C12H21N3O4/c1-8-4-15(5-10(7-16)19-8)6-11(17)14-12(18)13-9-2-3-9/h8-10,16H,2-7H2,1H3,(H2,13,14,17,18). The number of carbonyl (C=O) groups excluding carboxylic acids is 2. The third-order valence-electron chi connectivity index (χ3n) is 3.14. The predicted octanol–water partition coefficient (Wildman–Crippen LogP) is -0.944. The number of carbonyl (C=O) groups is 2. The van der Waals surface area contributed by atoms with E-state index in [2.05, 4.69) is 10.6 Å². The van der Waals surface area contributed by atoms with Crippen LogP contribution in [-0.2, 0) is 9.53 Å². The molecule has 1 aliphatic heterocycles. The first-order valence-electron chi connectivity index (χ1n) is 6.66. The van der Waals surface area contributed by atoms with E-state index in [1.54, 1.807) is 0 Å². The fourth-order valence-corrected chi connectivity index (χ4v) is 2.19. The first-order chi connectivity index (χ1) is 9.06. The summed E-state index contributed by atoms with van der Waals surface area (Å²) in [7, 11) is 0. The van der Waals surface area contributed by atoms with Crippen LogP contribution in [-0.4, -0.2) is 66.4 Å². The second-order valence-electron chi connectivity index (χ2n) is 5.24. The Bertz CT molecular complexity index is 346. The van der Waals surface area contributed by atoms with Gasteiger partial charge in [0, 0.05) is 19.1 Å². The van der Waals surface area contributed by atoms with Gasteiger partial charge in [-0.05, 0) is 19.8 Å². The number of aliphatic hydroxyl groups is 1. The lowest BCUT2D eigenvalue weighted by Gasteiger charge is -2.35. The van der Waals surface area contributed by atoms with E-state index in [-0.39, 0.29) is 37.3 Å². The van der Waals surface area contributed by atoms with E-state index in [1.807, 2.05) is 11.8 Å². The summed E-state index contributed by atoms with van der Waals surface area (Å²) in [5.74, 6) is -0.330. The second-order valence-corrected chi connectivity index (χ2v) is 5.24. The van der Waals surface area contributed by atoms with E-state index in [1.165, 1.54) is 0 Å². The van der Waals surface area contributed by atoms with Crippen molar-refractivity contribution in [3.63, 3.8) is 0 Å². The molecule has 19 heavy (non-hydrogen) atoms. The zero-order valence-corrected chi connectivity index (χ0v) is 11.1. The Balaban J connectivity index is 1.72. The largest absolute Gasteiger partial charge is 0.394 e. The molecule has 1 saturated carbocycles. The van der Waals surface area contributed by atoms with Crippen molar-refractivity contribution in [1.29, 1.82) is 0 Å². The molecule has 7 nitrogen and oxygen atoms in total. The van der Waals surface area contributed by atoms with E-state index in [0.717, 1.165) is 12.8 Å². The molecule has 2 atom stereocenters. The lowest BCUT2D eigenvalue weighted by molar-refractivity contribution is -0.127. The van der Waals surface area contributed by atoms with Crippen LogP contribution >= 0.6 is 0 Å². The van der Waals surface area contributed by atoms with Crippen molar-refractivity contribution >= 4 is 11.9 Å². The number of nitrogens with one attached hydrogen (secondary N) is 2. The topological polar surface area (TPSA) is 90.9 Å². The maximum Gasteiger partial charge on any atom is 0.321 e. The average Bonchev–Trinajstić information content (AvgIpc) is 3.11. The number of urea groups is 1. The van der Waals surface area contributed by atoms with Gasteiger partial charge in [-0.15, -0.1) is 0 Å². The van der Waals surface area contributed by atoms with Gasteiger partial charge in [0.2, 0.25) is 5.91 Å². The number of hydrogen-bond acceptors (Lipinski definition) is 5. The monoisotopic (exact) mass is 271 g/mol. The molecule has 2 unspecified atom stereocenters. The highest BCUT2D eigenvalue weighted by molar-refractivity contribution is 5.95. The lowest BCUT2D eigenvalue weighted by Crippen LogP contribution is -2.52. The van der Waals surface area contributed by atoms with Crippen LogP contribution < -0.4 is 10.6 Å². The van der Waals surface area contributed by atoms with Gasteiger partial charge in [-0.1, -0.05) is 0 Å². The van der Waals surface area contributed by atoms with E-state index in [9.17, 15) is 9.59 Å². The molecule has 1 saturated heterocycles. The maximum atomic E-state index is 11.7. The predicted molar refractivity (Wildman–Crippen MR) is 67.6 cm³/mol. The molecule has 2 fully saturated rings. The number of imide groups is 1. The van der Waals surface area contributed by atoms with Crippen LogP contribution in [0.2, 0.25) is 0 Å². The third kappa shape index (κ3) is 4.77. The Kier molecular flexibility index (Phi) is 4.73. The quantitative estimate of drug-likeness (QED) is 0.613. The molecule has 0 radical (unpaired) electrons. The number of morpholine rings is 1. The van der Waals surface area contributed by atoms with Gasteiger partial charge < -0.3 is 15.2 Å². The van der Waals surface area contributed by atoms with Gasteiger partial charge in [0.15, 0.2) is 0 Å². The molecule has 7 heteroatoms. The van der Waals surface area contributed by atoms with Gasteiger partial charge in [0.25, 0.3) is 0 Å². The summed E-state index contributed by atoms with van der Waals surface area (Å²) in [4.78, 5) is 25.0. The van der Waals surface area contributed by atoms with Crippen molar-refractivity contribution in [1.82, 2.24) is 15.5 Å². The normalized spacial score (nSPS) is 27.9. The first-order valence-corrected chi connectivity index (χ1v) is 6.66. The van der Waals surface area contributed by atoms with Crippen LogP contribution in [0.4, 0.5) is 4.79 Å². The highest BCUT2D eigenvalue weighted by Gasteiger charge is 2.27. The zero-order valence-electron chi connectivity index (χ0n) is 11.1. The summed E-state index contributed by atoms with van der Waals surface area (Å²) in [5.41, 5.74) is 0. The van der Waals surface area contributed by atoms with Crippen LogP contribution in [0.3, 0.4) is 0 Å². The Labute approximate surface area is 112 Å². The number of nitrogens with zero attached hydrogens (tertiary/aromatic N) is 1. The number of amides is 3. The minimum atomic E-state index is -0.424. The van der Waals surface area contributed by atoms with E-state index in [0.29, 0.717) is 13.1 Å². The molecule has 3 amide bonds. The Hall–Kier alpha value is -1.18. The van der Waals surface area contributed by atoms with Crippen molar-refractivity contribution in [2.45, 2.75) is 38.0 Å². The molecule has 0 bridgehead atoms. The molecule has 0 aromatic heterocycles. The number of ether oxygens (including phenoxy) is 1. The zero-order chi connectivity index (χ0) is 13.8. The maximum absolute atomic E-state index is 11.7. The molecule has 0 aromatic carbocycles. The first kappa shape index (κ1) is 14.2. The van der Waals surface area contributed by atoms with Crippen LogP contribution in [0, 0.1) is 0 Å². The molecular formula is C12H21N3O4. The van der Waals surface area contributed by atoms with Crippen LogP contribution in [0.5, 0.6) is 0 Å². The minimum absolute atomic E-state index is 0.0287. The Morgan fingerprint density at radius 3 is 2.74 bits per heavy atom. The van der Waals surface area contributed by atoms with Crippen molar-refractivity contribution in [2.75, 3.05) is 26.2 Å². The van der Waals surface area contributed by atoms with Crippen LogP contribution in [0.1, 0.15) is 19.8 Å². The van der Waals surface area contributed by atoms with Gasteiger partial charge in [0.1, 0.15) is 0 Å². The molecule has 1 heterocycles. The van der Waals surface area contributed by atoms with Crippen LogP contribution in [0.15, 0.2) is 0 Å². The van der Waals surface area contributed by atoms with Gasteiger partial charge in [-0.25, -0.2) is 4.79 Å². The van der Waals surface area contributed by atoms with Crippen molar-refractivity contribution in [2.24, 2.45) is 0 Å². The fourth-order valence-electron chi connectivity index (χ4n) is 2.19. The minimum Gasteiger partial charge on any atom is -0.394 e. The molecule has 3 N–H and O–H groups in total. The Morgan fingerprint density at radius 2 is 2.11 bits per heavy atom. The summed E-state index contributed by atoms with van der Waals surface area (Å²) in [5, 5.41) is 14.1. The second kappa shape index (κ2) is 6.31. The Morgan fingerprint density at radius 1 is 1.37 bits per heavy atom. The summed E-state index contributed by atoms with van der Waals surface area (Å²) in [6.45, 7) is 3.09.